The average Bonchev–Trinajstić information content (AvgIpc) is 3.10. The molecule has 25 heavy (non-hydrogen) atoms. The Labute approximate surface area is 150 Å². The molecule has 0 unspecified atom stereocenters. The lowest BCUT2D eigenvalue weighted by Crippen LogP contribution is -2.40. The Hall–Kier alpha value is -2.12. The molecule has 0 spiro atoms. The number of aromatic amines is 1. The SMILES string of the molecule is COCCn1ccnc1[C@H]1CCCN(C(=O)c2c[nH]c(=O)c(Cl)c2)C1. The third kappa shape index (κ3) is 3.93. The van der Waals surface area contributed by atoms with E-state index in [0.717, 1.165) is 25.2 Å². The van der Waals surface area contributed by atoms with Gasteiger partial charge in [-0.2, -0.15) is 0 Å². The van der Waals surface area contributed by atoms with Crippen LogP contribution in [0, 0.1) is 0 Å². The van der Waals surface area contributed by atoms with Crippen LogP contribution in [-0.4, -0.2) is 52.1 Å². The topological polar surface area (TPSA) is 80.2 Å². The number of pyridine rings is 1. The van der Waals surface area contributed by atoms with Crippen molar-refractivity contribution in [1.82, 2.24) is 19.4 Å². The van der Waals surface area contributed by atoms with Crippen LogP contribution in [0.3, 0.4) is 0 Å². The van der Waals surface area contributed by atoms with Crippen molar-refractivity contribution in [2.24, 2.45) is 0 Å². The zero-order chi connectivity index (χ0) is 17.8. The second-order valence-electron chi connectivity index (χ2n) is 6.13. The second kappa shape index (κ2) is 7.84. The van der Waals surface area contributed by atoms with Crippen LogP contribution in [0.2, 0.25) is 5.02 Å². The molecule has 1 fully saturated rings. The quantitative estimate of drug-likeness (QED) is 0.878. The predicted octanol–water partition coefficient (Wildman–Crippen LogP) is 1.89. The van der Waals surface area contributed by atoms with Gasteiger partial charge in [0.05, 0.1) is 12.2 Å². The molecule has 134 valence electrons. The maximum Gasteiger partial charge on any atom is 0.266 e. The summed E-state index contributed by atoms with van der Waals surface area (Å²) in [6, 6.07) is 1.42. The first-order valence-electron chi connectivity index (χ1n) is 8.27. The minimum atomic E-state index is -0.394. The summed E-state index contributed by atoms with van der Waals surface area (Å²) < 4.78 is 7.22. The van der Waals surface area contributed by atoms with E-state index in [4.69, 9.17) is 16.3 Å². The summed E-state index contributed by atoms with van der Waals surface area (Å²) in [5.41, 5.74) is 0.00267. The molecule has 8 heteroatoms. The monoisotopic (exact) mass is 364 g/mol. The van der Waals surface area contributed by atoms with E-state index in [1.807, 2.05) is 6.20 Å². The van der Waals surface area contributed by atoms with E-state index in [9.17, 15) is 9.59 Å². The Morgan fingerprint density at radius 1 is 1.52 bits per heavy atom. The molecule has 1 aliphatic rings. The van der Waals surface area contributed by atoms with Gasteiger partial charge in [0.15, 0.2) is 0 Å². The average molecular weight is 365 g/mol. The normalized spacial score (nSPS) is 17.7. The van der Waals surface area contributed by atoms with E-state index >= 15 is 0 Å². The van der Waals surface area contributed by atoms with Crippen molar-refractivity contribution in [3.8, 4) is 0 Å². The van der Waals surface area contributed by atoms with Crippen molar-refractivity contribution in [3.63, 3.8) is 0 Å². The number of piperidine rings is 1. The number of aromatic nitrogens is 3. The van der Waals surface area contributed by atoms with Gasteiger partial charge in [-0.1, -0.05) is 11.6 Å². The number of halogens is 1. The Kier molecular flexibility index (Phi) is 5.55. The molecule has 0 aliphatic carbocycles. The van der Waals surface area contributed by atoms with Crippen molar-refractivity contribution in [2.45, 2.75) is 25.3 Å². The third-order valence-electron chi connectivity index (χ3n) is 4.46. The van der Waals surface area contributed by atoms with E-state index in [-0.39, 0.29) is 16.8 Å². The number of H-pyrrole nitrogens is 1. The molecule has 0 aromatic carbocycles. The largest absolute Gasteiger partial charge is 0.383 e. The minimum Gasteiger partial charge on any atom is -0.383 e. The van der Waals surface area contributed by atoms with Crippen LogP contribution < -0.4 is 5.56 Å². The lowest BCUT2D eigenvalue weighted by molar-refractivity contribution is 0.0702. The Balaban J connectivity index is 1.74. The number of rotatable bonds is 5. The molecule has 1 N–H and O–H groups in total. The van der Waals surface area contributed by atoms with E-state index < -0.39 is 5.56 Å². The van der Waals surface area contributed by atoms with Gasteiger partial charge in [0.25, 0.3) is 11.5 Å². The van der Waals surface area contributed by atoms with Gasteiger partial charge in [0.1, 0.15) is 10.8 Å². The lowest BCUT2D eigenvalue weighted by Gasteiger charge is -2.32. The Morgan fingerprint density at radius 2 is 2.36 bits per heavy atom. The van der Waals surface area contributed by atoms with Crippen LogP contribution in [0.1, 0.15) is 34.9 Å². The van der Waals surface area contributed by atoms with E-state index in [2.05, 4.69) is 14.5 Å². The first-order chi connectivity index (χ1) is 12.1. The maximum absolute atomic E-state index is 12.7. The van der Waals surface area contributed by atoms with Crippen molar-refractivity contribution in [3.05, 3.63) is 51.4 Å². The highest BCUT2D eigenvalue weighted by atomic mass is 35.5. The van der Waals surface area contributed by atoms with Gasteiger partial charge in [-0.05, 0) is 18.9 Å². The predicted molar refractivity (Wildman–Crippen MR) is 94.1 cm³/mol. The molecule has 3 rings (SSSR count). The molecular weight excluding hydrogens is 344 g/mol. The van der Waals surface area contributed by atoms with Crippen LogP contribution in [-0.2, 0) is 11.3 Å². The highest BCUT2D eigenvalue weighted by Gasteiger charge is 2.28. The highest BCUT2D eigenvalue weighted by Crippen LogP contribution is 2.27. The van der Waals surface area contributed by atoms with Crippen molar-refractivity contribution >= 4 is 17.5 Å². The van der Waals surface area contributed by atoms with Gasteiger partial charge in [-0.3, -0.25) is 9.59 Å². The number of amides is 1. The lowest BCUT2D eigenvalue weighted by atomic mass is 9.96. The highest BCUT2D eigenvalue weighted by molar-refractivity contribution is 6.30. The first-order valence-corrected chi connectivity index (χ1v) is 8.65. The van der Waals surface area contributed by atoms with Gasteiger partial charge >= 0.3 is 0 Å². The number of methoxy groups -OCH3 is 1. The number of nitrogens with one attached hydrogen (secondary N) is 1. The van der Waals surface area contributed by atoms with Crippen LogP contribution in [0.15, 0.2) is 29.5 Å². The molecule has 3 heterocycles. The van der Waals surface area contributed by atoms with Gasteiger partial charge in [0.2, 0.25) is 0 Å². The van der Waals surface area contributed by atoms with Crippen LogP contribution in [0.5, 0.6) is 0 Å². The number of hydrogen-bond acceptors (Lipinski definition) is 4. The fraction of sp³-hybridized carbons (Fsp3) is 0.471. The number of carbonyl (C=O) groups excluding carboxylic acids is 1. The van der Waals surface area contributed by atoms with Crippen molar-refractivity contribution in [2.75, 3.05) is 26.8 Å². The van der Waals surface area contributed by atoms with Crippen LogP contribution in [0.4, 0.5) is 0 Å². The summed E-state index contributed by atoms with van der Waals surface area (Å²) in [6.07, 6.45) is 7.04. The number of likely N-dealkylation sites (tertiary alicyclic amines) is 1. The summed E-state index contributed by atoms with van der Waals surface area (Å²) in [5, 5.41) is 0.0227. The van der Waals surface area contributed by atoms with E-state index in [1.165, 1.54) is 12.3 Å². The van der Waals surface area contributed by atoms with E-state index in [1.54, 1.807) is 18.2 Å². The number of hydrogen-bond donors (Lipinski definition) is 1. The summed E-state index contributed by atoms with van der Waals surface area (Å²) in [5.74, 6) is 1.04. The van der Waals surface area contributed by atoms with Crippen molar-refractivity contribution < 1.29 is 9.53 Å². The zero-order valence-corrected chi connectivity index (χ0v) is 14.8. The molecule has 0 saturated carbocycles. The zero-order valence-electron chi connectivity index (χ0n) is 14.1. The number of nitrogens with zero attached hydrogens (tertiary/aromatic N) is 3. The molecule has 0 radical (unpaired) electrons. The van der Waals surface area contributed by atoms with Gasteiger partial charge in [0, 0.05) is 51.3 Å². The van der Waals surface area contributed by atoms with E-state index in [0.29, 0.717) is 25.3 Å². The number of imidazole rings is 1. The van der Waals surface area contributed by atoms with Crippen molar-refractivity contribution in [1.29, 1.82) is 0 Å². The molecular formula is C17H21ClN4O3. The summed E-state index contributed by atoms with van der Waals surface area (Å²) in [4.78, 5) is 32.9. The Morgan fingerprint density at radius 3 is 3.12 bits per heavy atom. The molecule has 1 atom stereocenters. The van der Waals surface area contributed by atoms with Crippen LogP contribution >= 0.6 is 11.6 Å². The third-order valence-corrected chi connectivity index (χ3v) is 4.74. The van der Waals surface area contributed by atoms with Gasteiger partial charge < -0.3 is 19.2 Å². The second-order valence-corrected chi connectivity index (χ2v) is 6.53. The molecule has 7 nitrogen and oxygen atoms in total. The molecule has 1 saturated heterocycles. The molecule has 0 bridgehead atoms. The molecule has 1 aliphatic heterocycles. The smallest absolute Gasteiger partial charge is 0.266 e. The fourth-order valence-electron chi connectivity index (χ4n) is 3.19. The fourth-order valence-corrected chi connectivity index (χ4v) is 3.37. The number of carbonyl (C=O) groups is 1. The number of ether oxygens (including phenoxy) is 1. The Bertz CT molecular complexity index is 801. The standard InChI is InChI=1S/C17H21ClN4O3/c1-25-8-7-21-6-4-19-15(21)12-3-2-5-22(11-12)17(24)13-9-14(18)16(23)20-10-13/h4,6,9-10,12H,2-3,5,7-8,11H2,1H3,(H,20,23)/t12-/m0/s1. The molecule has 2 aromatic rings. The van der Waals surface area contributed by atoms with Crippen LogP contribution in [0.25, 0.3) is 0 Å². The first kappa shape index (κ1) is 17.7. The summed E-state index contributed by atoms with van der Waals surface area (Å²) in [6.45, 7) is 2.64. The minimum absolute atomic E-state index is 0.0227. The summed E-state index contributed by atoms with van der Waals surface area (Å²) >= 11 is 5.84. The molecule has 1 amide bonds. The van der Waals surface area contributed by atoms with Gasteiger partial charge in [-0.15, -0.1) is 0 Å². The summed E-state index contributed by atoms with van der Waals surface area (Å²) in [7, 11) is 1.67. The molecule has 2 aromatic heterocycles. The van der Waals surface area contributed by atoms with Gasteiger partial charge in [-0.25, -0.2) is 4.98 Å². The maximum atomic E-state index is 12.7.